The molecule has 7 heteroatoms. The van der Waals surface area contributed by atoms with Crippen LogP contribution in [-0.2, 0) is 11.2 Å². The fourth-order valence-corrected chi connectivity index (χ4v) is 3.51. The highest BCUT2D eigenvalue weighted by Gasteiger charge is 2.23. The Morgan fingerprint density at radius 3 is 2.73 bits per heavy atom. The van der Waals surface area contributed by atoms with Gasteiger partial charge in [0.25, 0.3) is 5.91 Å². The van der Waals surface area contributed by atoms with Crippen LogP contribution in [0.4, 0.5) is 4.39 Å². The lowest BCUT2D eigenvalue weighted by atomic mass is 10.1. The van der Waals surface area contributed by atoms with Crippen LogP contribution in [0.25, 0.3) is 0 Å². The molecule has 0 aliphatic heterocycles. The van der Waals surface area contributed by atoms with E-state index in [0.29, 0.717) is 5.02 Å². The summed E-state index contributed by atoms with van der Waals surface area (Å²) < 4.78 is 13.0. The summed E-state index contributed by atoms with van der Waals surface area (Å²) in [5.74, 6) is -1.10. The molecular formula is C19H17Cl2FN2O2. The summed E-state index contributed by atoms with van der Waals surface area (Å²) in [6.45, 7) is 0.165. The maximum atomic E-state index is 13.0. The van der Waals surface area contributed by atoms with Gasteiger partial charge in [0.05, 0.1) is 16.6 Å². The fourth-order valence-electron chi connectivity index (χ4n) is 3.06. The van der Waals surface area contributed by atoms with Crippen LogP contribution in [0.2, 0.25) is 10.0 Å². The fraction of sp³-hybridized carbons (Fsp3) is 0.263. The van der Waals surface area contributed by atoms with Gasteiger partial charge in [-0.3, -0.25) is 9.59 Å². The molecule has 0 heterocycles. The summed E-state index contributed by atoms with van der Waals surface area (Å²) in [6, 6.07) is 9.20. The third-order valence-electron chi connectivity index (χ3n) is 4.33. The molecule has 0 saturated carbocycles. The normalized spacial score (nSPS) is 15.4. The zero-order valence-corrected chi connectivity index (χ0v) is 15.3. The van der Waals surface area contributed by atoms with E-state index in [0.717, 1.165) is 36.1 Å². The maximum absolute atomic E-state index is 13.0. The third kappa shape index (κ3) is 4.34. The van der Waals surface area contributed by atoms with Gasteiger partial charge in [0, 0.05) is 18.0 Å². The molecule has 26 heavy (non-hydrogen) atoms. The minimum Gasteiger partial charge on any atom is -0.351 e. The van der Waals surface area contributed by atoms with Gasteiger partial charge < -0.3 is 10.6 Å². The van der Waals surface area contributed by atoms with Gasteiger partial charge in [-0.1, -0.05) is 29.3 Å². The van der Waals surface area contributed by atoms with Crippen LogP contribution in [-0.4, -0.2) is 18.4 Å². The van der Waals surface area contributed by atoms with E-state index in [1.165, 1.54) is 6.07 Å². The number of amides is 2. The highest BCUT2D eigenvalue weighted by atomic mass is 35.5. The molecule has 4 nitrogen and oxygen atoms in total. The van der Waals surface area contributed by atoms with Crippen molar-refractivity contribution < 1.29 is 14.0 Å². The molecule has 2 amide bonds. The maximum Gasteiger partial charge on any atom is 0.252 e. The first-order valence-corrected chi connectivity index (χ1v) is 9.00. The topological polar surface area (TPSA) is 58.2 Å². The van der Waals surface area contributed by atoms with Crippen LogP contribution >= 0.6 is 23.2 Å². The largest absolute Gasteiger partial charge is 0.351 e. The number of aryl methyl sites for hydroxylation is 1. The smallest absolute Gasteiger partial charge is 0.252 e. The van der Waals surface area contributed by atoms with Crippen LogP contribution in [0, 0.1) is 5.82 Å². The van der Waals surface area contributed by atoms with Gasteiger partial charge in [-0.05, 0) is 54.3 Å². The average Bonchev–Trinajstić information content (AvgIpc) is 2.96. The highest BCUT2D eigenvalue weighted by Crippen LogP contribution is 2.32. The van der Waals surface area contributed by atoms with Crippen molar-refractivity contribution in [1.82, 2.24) is 10.6 Å². The lowest BCUT2D eigenvalue weighted by Gasteiger charge is -2.14. The van der Waals surface area contributed by atoms with E-state index in [9.17, 15) is 14.0 Å². The van der Waals surface area contributed by atoms with Crippen molar-refractivity contribution in [3.63, 3.8) is 0 Å². The minimum absolute atomic E-state index is 0.0305. The molecule has 0 bridgehead atoms. The quantitative estimate of drug-likeness (QED) is 0.803. The molecule has 3 rings (SSSR count). The van der Waals surface area contributed by atoms with Crippen molar-refractivity contribution >= 4 is 35.0 Å². The molecule has 2 aromatic carbocycles. The van der Waals surface area contributed by atoms with Crippen molar-refractivity contribution in [3.8, 4) is 0 Å². The first-order chi connectivity index (χ1) is 12.4. The van der Waals surface area contributed by atoms with Crippen LogP contribution in [0.5, 0.6) is 0 Å². The molecule has 0 fully saturated rings. The second-order valence-electron chi connectivity index (χ2n) is 6.13. The lowest BCUT2D eigenvalue weighted by Crippen LogP contribution is -2.32. The summed E-state index contributed by atoms with van der Waals surface area (Å²) in [6.07, 6.45) is 1.85. The number of hydrogen-bond donors (Lipinski definition) is 2. The van der Waals surface area contributed by atoms with Crippen LogP contribution in [0.1, 0.15) is 40.4 Å². The predicted molar refractivity (Wildman–Crippen MR) is 99.0 cm³/mol. The number of carbonyl (C=O) groups is 2. The number of rotatable bonds is 5. The summed E-state index contributed by atoms with van der Waals surface area (Å²) in [5.41, 5.74) is 2.42. The van der Waals surface area contributed by atoms with E-state index in [1.807, 2.05) is 18.2 Å². The molecule has 2 aromatic rings. The molecule has 0 spiro atoms. The Labute approximate surface area is 160 Å². The zero-order valence-electron chi connectivity index (χ0n) is 13.8. The molecule has 0 radical (unpaired) electrons. The molecule has 1 aliphatic carbocycles. The lowest BCUT2D eigenvalue weighted by molar-refractivity contribution is -0.121. The number of halogens is 3. The summed E-state index contributed by atoms with van der Waals surface area (Å²) in [5, 5.41) is 6.32. The number of carbonyl (C=O) groups excluding carboxylic acids is 2. The van der Waals surface area contributed by atoms with Crippen molar-refractivity contribution in [3.05, 3.63) is 69.0 Å². The van der Waals surface area contributed by atoms with E-state index < -0.39 is 11.7 Å². The molecular weight excluding hydrogens is 378 g/mol. The Hall–Kier alpha value is -2.11. The van der Waals surface area contributed by atoms with Gasteiger partial charge in [0.2, 0.25) is 5.91 Å². The van der Waals surface area contributed by atoms with Gasteiger partial charge >= 0.3 is 0 Å². The minimum atomic E-state index is -0.510. The summed E-state index contributed by atoms with van der Waals surface area (Å²) in [4.78, 5) is 24.2. The number of fused-ring (bicyclic) bond motifs is 1. The Morgan fingerprint density at radius 2 is 1.96 bits per heavy atom. The van der Waals surface area contributed by atoms with Gasteiger partial charge in [-0.15, -0.1) is 0 Å². The second-order valence-corrected chi connectivity index (χ2v) is 6.98. The predicted octanol–water partition coefficient (Wildman–Crippen LogP) is 4.06. The van der Waals surface area contributed by atoms with Crippen molar-refractivity contribution in [2.75, 3.05) is 6.54 Å². The van der Waals surface area contributed by atoms with Crippen LogP contribution in [0.15, 0.2) is 36.4 Å². The van der Waals surface area contributed by atoms with Gasteiger partial charge in [0.1, 0.15) is 5.82 Å². The summed E-state index contributed by atoms with van der Waals surface area (Å²) in [7, 11) is 0. The van der Waals surface area contributed by atoms with Crippen molar-refractivity contribution in [2.45, 2.75) is 25.3 Å². The molecule has 2 N–H and O–H groups in total. The molecule has 1 unspecified atom stereocenters. The van der Waals surface area contributed by atoms with Gasteiger partial charge in [0.15, 0.2) is 0 Å². The third-order valence-corrected chi connectivity index (χ3v) is 4.88. The Balaban J connectivity index is 1.49. The monoisotopic (exact) mass is 394 g/mol. The second kappa shape index (κ2) is 8.06. The zero-order chi connectivity index (χ0) is 18.7. The molecule has 1 aliphatic rings. The van der Waals surface area contributed by atoms with E-state index in [4.69, 9.17) is 23.2 Å². The Kier molecular flexibility index (Phi) is 5.79. The van der Waals surface area contributed by atoms with Crippen molar-refractivity contribution in [2.24, 2.45) is 0 Å². The van der Waals surface area contributed by atoms with E-state index in [2.05, 4.69) is 10.6 Å². The average molecular weight is 395 g/mol. The first-order valence-electron chi connectivity index (χ1n) is 8.25. The standard InChI is InChI=1S/C19H17Cl2FN2O2/c20-12-2-4-14-11(9-12)1-6-17(14)24-18(25)7-8-23-19(26)15-5-3-13(22)10-16(15)21/h2-5,9-10,17H,1,6-8H2,(H,23,26)(H,24,25). The van der Waals surface area contributed by atoms with E-state index in [1.54, 1.807) is 0 Å². The molecule has 0 saturated heterocycles. The van der Waals surface area contributed by atoms with E-state index >= 15 is 0 Å². The van der Waals surface area contributed by atoms with Gasteiger partial charge in [-0.25, -0.2) is 4.39 Å². The molecule has 136 valence electrons. The Bertz CT molecular complexity index is 857. The number of nitrogens with one attached hydrogen (secondary N) is 2. The van der Waals surface area contributed by atoms with Crippen molar-refractivity contribution in [1.29, 1.82) is 0 Å². The number of benzene rings is 2. The summed E-state index contributed by atoms with van der Waals surface area (Å²) >= 11 is 11.8. The SMILES string of the molecule is O=C(CCNC(=O)c1ccc(F)cc1Cl)NC1CCc2cc(Cl)ccc21. The van der Waals surface area contributed by atoms with Crippen LogP contribution in [0.3, 0.4) is 0 Å². The molecule has 0 aromatic heterocycles. The highest BCUT2D eigenvalue weighted by molar-refractivity contribution is 6.33. The molecule has 1 atom stereocenters. The Morgan fingerprint density at radius 1 is 1.15 bits per heavy atom. The van der Waals surface area contributed by atoms with E-state index in [-0.39, 0.29) is 35.5 Å². The first kappa shape index (κ1) is 18.7. The van der Waals surface area contributed by atoms with Crippen LogP contribution < -0.4 is 10.6 Å². The van der Waals surface area contributed by atoms with Gasteiger partial charge in [-0.2, -0.15) is 0 Å². The number of hydrogen-bond acceptors (Lipinski definition) is 2.